The van der Waals surface area contributed by atoms with Gasteiger partial charge in [0.1, 0.15) is 29.4 Å². The second kappa shape index (κ2) is 10.9. The molecule has 0 radical (unpaired) electrons. The summed E-state index contributed by atoms with van der Waals surface area (Å²) in [5.41, 5.74) is 2.83. The number of Topliss-reactive ketones (excluding diaryl/α,β-unsaturated/α-hetero) is 1. The van der Waals surface area contributed by atoms with E-state index in [-0.39, 0.29) is 29.9 Å². The Morgan fingerprint density at radius 2 is 1.83 bits per heavy atom. The average Bonchev–Trinajstić information content (AvgIpc) is 3.69. The Bertz CT molecular complexity index is 1890. The van der Waals surface area contributed by atoms with Gasteiger partial charge in [0, 0.05) is 36.6 Å². The molecule has 8 nitrogen and oxygen atoms in total. The third kappa shape index (κ3) is 5.55. The van der Waals surface area contributed by atoms with Gasteiger partial charge in [0.05, 0.1) is 25.8 Å². The Kier molecular flexibility index (Phi) is 7.11. The molecule has 42 heavy (non-hydrogen) atoms. The molecule has 0 saturated carbocycles. The largest absolute Gasteiger partial charge is 0.496 e. The summed E-state index contributed by atoms with van der Waals surface area (Å²) in [5.74, 6) is -1.60. The molecule has 0 amide bonds. The number of rotatable bonds is 10. The number of benzene rings is 3. The van der Waals surface area contributed by atoms with Crippen molar-refractivity contribution >= 4 is 33.1 Å². The van der Waals surface area contributed by atoms with Crippen LogP contribution in [-0.4, -0.2) is 34.6 Å². The molecule has 214 valence electrons. The van der Waals surface area contributed by atoms with Crippen LogP contribution in [0.5, 0.6) is 16.7 Å². The number of ether oxygens (including phenoxy) is 3. The predicted octanol–water partition coefficient (Wildman–Crippen LogP) is 7.34. The fourth-order valence-corrected chi connectivity index (χ4v) is 5.27. The molecule has 0 spiro atoms. The van der Waals surface area contributed by atoms with Crippen LogP contribution in [0.15, 0.2) is 77.3 Å². The van der Waals surface area contributed by atoms with Crippen LogP contribution in [0.3, 0.4) is 0 Å². The lowest BCUT2D eigenvalue weighted by Gasteiger charge is -2.12. The van der Waals surface area contributed by atoms with Crippen molar-refractivity contribution in [3.63, 3.8) is 0 Å². The molecule has 3 aromatic carbocycles. The molecule has 3 heterocycles. The van der Waals surface area contributed by atoms with E-state index in [0.717, 1.165) is 23.4 Å². The number of imidazole rings is 1. The molecule has 0 unspecified atom stereocenters. The molecule has 0 fully saturated rings. The maximum absolute atomic E-state index is 13.7. The molecular weight excluding hydrogens is 564 g/mol. The van der Waals surface area contributed by atoms with Gasteiger partial charge in [-0.25, -0.2) is 18.3 Å². The zero-order valence-electron chi connectivity index (χ0n) is 22.9. The third-order valence-corrected chi connectivity index (χ3v) is 7.59. The van der Waals surface area contributed by atoms with Crippen molar-refractivity contribution in [1.82, 2.24) is 14.6 Å². The van der Waals surface area contributed by atoms with Gasteiger partial charge in [0.2, 0.25) is 4.96 Å². The first-order valence-corrected chi connectivity index (χ1v) is 13.8. The molecule has 6 aromatic rings. The van der Waals surface area contributed by atoms with E-state index >= 15 is 0 Å². The number of hydrogen-bond acceptors (Lipinski definition) is 8. The summed E-state index contributed by atoms with van der Waals surface area (Å²) in [6.07, 6.45) is 1.84. The quantitative estimate of drug-likeness (QED) is 0.155. The minimum Gasteiger partial charge on any atom is -0.496 e. The second-order valence-electron chi connectivity index (χ2n) is 9.75. The van der Waals surface area contributed by atoms with Crippen molar-refractivity contribution in [3.8, 4) is 28.1 Å². The van der Waals surface area contributed by atoms with Gasteiger partial charge in [-0.05, 0) is 34.6 Å². The number of nitrogens with zero attached hydrogens (tertiary/aromatic N) is 3. The first kappa shape index (κ1) is 27.4. The van der Waals surface area contributed by atoms with Crippen LogP contribution in [0, 0.1) is 0 Å². The van der Waals surface area contributed by atoms with Gasteiger partial charge in [-0.15, -0.1) is 5.10 Å². The Balaban J connectivity index is 1.21. The van der Waals surface area contributed by atoms with E-state index in [1.807, 2.05) is 30.3 Å². The number of ketones is 1. The van der Waals surface area contributed by atoms with E-state index in [0.29, 0.717) is 38.7 Å². The lowest BCUT2D eigenvalue weighted by atomic mass is 9.99. The first-order chi connectivity index (χ1) is 20.2. The normalized spacial score (nSPS) is 11.7. The van der Waals surface area contributed by atoms with Crippen LogP contribution < -0.4 is 14.2 Å². The minimum absolute atomic E-state index is 0.0733. The van der Waals surface area contributed by atoms with Gasteiger partial charge in [-0.2, -0.15) is 0 Å². The van der Waals surface area contributed by atoms with Gasteiger partial charge in [0.15, 0.2) is 11.5 Å². The summed E-state index contributed by atoms with van der Waals surface area (Å²) in [7, 11) is 3.12. The van der Waals surface area contributed by atoms with Crippen LogP contribution in [0.4, 0.5) is 8.78 Å². The SMILES string of the molecule is COc1cc(OCc2cccc(CC(=O)c3cccc(C(C)(F)F)c3)c2)c2cc(-c3cn4nc(OC)sc4n3)oc2c1. The number of hydrogen-bond donors (Lipinski definition) is 0. The average molecular weight is 590 g/mol. The topological polar surface area (TPSA) is 88.1 Å². The summed E-state index contributed by atoms with van der Waals surface area (Å²) >= 11 is 1.32. The van der Waals surface area contributed by atoms with Gasteiger partial charge in [-0.1, -0.05) is 42.5 Å². The van der Waals surface area contributed by atoms with E-state index < -0.39 is 5.92 Å². The number of furan rings is 1. The lowest BCUT2D eigenvalue weighted by molar-refractivity contribution is 0.0174. The fraction of sp³-hybridized carbons (Fsp3) is 0.194. The smallest absolute Gasteiger partial charge is 0.294 e. The van der Waals surface area contributed by atoms with Crippen molar-refractivity contribution in [2.24, 2.45) is 0 Å². The predicted molar refractivity (Wildman–Crippen MR) is 154 cm³/mol. The molecule has 6 rings (SSSR count). The highest BCUT2D eigenvalue weighted by atomic mass is 32.1. The standard InChI is InChI=1S/C31H25F2N3O5S/c1-31(32,33)21-9-5-8-20(12-21)25(37)11-18-6-4-7-19(10-18)17-40-26-13-22(38-2)14-27-23(26)15-28(41-27)24-16-36-29(34-24)42-30(35-36)39-3/h4-10,12-16H,11,17H2,1-3H3. The molecule has 0 N–H and O–H groups in total. The Labute approximate surface area is 243 Å². The lowest BCUT2D eigenvalue weighted by Crippen LogP contribution is -2.10. The number of methoxy groups -OCH3 is 2. The molecular formula is C31H25F2N3O5S. The van der Waals surface area contributed by atoms with Crippen LogP contribution in [0.2, 0.25) is 0 Å². The number of halogens is 2. The fourth-order valence-electron chi connectivity index (χ4n) is 4.57. The zero-order chi connectivity index (χ0) is 29.4. The van der Waals surface area contributed by atoms with Crippen molar-refractivity contribution in [2.75, 3.05) is 14.2 Å². The third-order valence-electron chi connectivity index (χ3n) is 6.70. The van der Waals surface area contributed by atoms with E-state index in [9.17, 15) is 13.6 Å². The van der Waals surface area contributed by atoms with Crippen molar-refractivity contribution in [3.05, 3.63) is 95.2 Å². The van der Waals surface area contributed by atoms with Crippen molar-refractivity contribution < 1.29 is 32.2 Å². The number of aromatic nitrogens is 3. The molecule has 0 aliphatic heterocycles. The highest BCUT2D eigenvalue weighted by Crippen LogP contribution is 2.37. The van der Waals surface area contributed by atoms with E-state index in [1.165, 1.54) is 29.5 Å². The summed E-state index contributed by atoms with van der Waals surface area (Å²) in [4.78, 5) is 18.1. The molecule has 0 aliphatic carbocycles. The van der Waals surface area contributed by atoms with E-state index in [4.69, 9.17) is 18.6 Å². The van der Waals surface area contributed by atoms with Crippen LogP contribution >= 0.6 is 11.3 Å². The first-order valence-electron chi connectivity index (χ1n) is 12.9. The van der Waals surface area contributed by atoms with E-state index in [1.54, 1.807) is 43.1 Å². The van der Waals surface area contributed by atoms with Gasteiger partial charge < -0.3 is 18.6 Å². The van der Waals surface area contributed by atoms with Crippen LogP contribution in [-0.2, 0) is 19.0 Å². The van der Waals surface area contributed by atoms with Gasteiger partial charge in [-0.3, -0.25) is 4.79 Å². The highest BCUT2D eigenvalue weighted by Gasteiger charge is 2.25. The summed E-state index contributed by atoms with van der Waals surface area (Å²) in [5, 5.41) is 5.56. The molecule has 0 aliphatic rings. The Morgan fingerprint density at radius 1 is 1.02 bits per heavy atom. The summed E-state index contributed by atoms with van der Waals surface area (Å²) < 4.78 is 52.1. The number of fused-ring (bicyclic) bond motifs is 2. The number of carbonyl (C=O) groups is 1. The van der Waals surface area contributed by atoms with Crippen LogP contribution in [0.25, 0.3) is 27.4 Å². The monoisotopic (exact) mass is 589 g/mol. The molecule has 0 saturated heterocycles. The highest BCUT2D eigenvalue weighted by molar-refractivity contribution is 7.18. The summed E-state index contributed by atoms with van der Waals surface area (Å²) in [6, 6.07) is 18.4. The molecule has 11 heteroatoms. The Hall–Kier alpha value is -4.77. The van der Waals surface area contributed by atoms with Gasteiger partial charge in [0.25, 0.3) is 11.1 Å². The second-order valence-corrected chi connectivity index (χ2v) is 10.7. The van der Waals surface area contributed by atoms with Crippen molar-refractivity contribution in [1.29, 1.82) is 0 Å². The maximum Gasteiger partial charge on any atom is 0.294 e. The van der Waals surface area contributed by atoms with Crippen molar-refractivity contribution in [2.45, 2.75) is 25.9 Å². The molecule has 0 bridgehead atoms. The summed E-state index contributed by atoms with van der Waals surface area (Å²) in [6.45, 7) is 1.03. The zero-order valence-corrected chi connectivity index (χ0v) is 23.7. The molecule has 0 atom stereocenters. The molecule has 3 aromatic heterocycles. The van der Waals surface area contributed by atoms with Gasteiger partial charge >= 0.3 is 0 Å². The maximum atomic E-state index is 13.7. The Morgan fingerprint density at radius 3 is 2.60 bits per heavy atom. The van der Waals surface area contributed by atoms with Crippen LogP contribution in [0.1, 0.15) is 34.0 Å². The number of carbonyl (C=O) groups excluding carboxylic acids is 1. The van der Waals surface area contributed by atoms with E-state index in [2.05, 4.69) is 10.1 Å². The minimum atomic E-state index is -3.02. The number of alkyl halides is 2.